The van der Waals surface area contributed by atoms with Crippen molar-refractivity contribution in [3.05, 3.63) is 28.2 Å². The number of halogens is 1. The summed E-state index contributed by atoms with van der Waals surface area (Å²) in [6.07, 6.45) is 0.256. The van der Waals surface area contributed by atoms with E-state index in [1.807, 2.05) is 0 Å². The van der Waals surface area contributed by atoms with E-state index in [1.54, 1.807) is 18.2 Å². The Morgan fingerprint density at radius 1 is 1.67 bits per heavy atom. The molecule has 4 nitrogen and oxygen atoms in total. The van der Waals surface area contributed by atoms with Crippen LogP contribution in [0.15, 0.2) is 22.7 Å². The summed E-state index contributed by atoms with van der Waals surface area (Å²) in [5.41, 5.74) is 6.19. The first-order valence-corrected chi connectivity index (χ1v) is 5.14. The number of phenolic OH excluding ortho intramolecular Hbond substituents is 1. The van der Waals surface area contributed by atoms with Crippen molar-refractivity contribution in [3.63, 3.8) is 0 Å². The molecular formula is C10H12BrNO3. The van der Waals surface area contributed by atoms with Crippen molar-refractivity contribution in [1.82, 2.24) is 0 Å². The van der Waals surface area contributed by atoms with E-state index in [0.29, 0.717) is 5.56 Å². The molecule has 0 aliphatic carbocycles. The number of benzene rings is 1. The number of methoxy groups -OCH3 is 1. The first-order valence-electron chi connectivity index (χ1n) is 4.35. The molecule has 0 aliphatic heterocycles. The van der Waals surface area contributed by atoms with Crippen LogP contribution in [0, 0.1) is 0 Å². The maximum absolute atomic E-state index is 11.1. The summed E-state index contributed by atoms with van der Waals surface area (Å²) in [7, 11) is 1.28. The van der Waals surface area contributed by atoms with Crippen molar-refractivity contribution < 1.29 is 14.6 Å². The summed E-state index contributed by atoms with van der Waals surface area (Å²) in [5, 5.41) is 9.56. The average Bonchev–Trinajstić information content (AvgIpc) is 2.20. The molecule has 1 unspecified atom stereocenters. The zero-order chi connectivity index (χ0) is 11.4. The molecule has 1 rings (SSSR count). The van der Waals surface area contributed by atoms with E-state index < -0.39 is 12.0 Å². The second-order valence-electron chi connectivity index (χ2n) is 3.11. The summed E-state index contributed by atoms with van der Waals surface area (Å²) in [6, 6.07) is 4.29. The minimum Gasteiger partial charge on any atom is -0.508 e. The lowest BCUT2D eigenvalue weighted by Gasteiger charge is -2.10. The van der Waals surface area contributed by atoms with Gasteiger partial charge in [-0.15, -0.1) is 0 Å². The first-order chi connectivity index (χ1) is 7.04. The van der Waals surface area contributed by atoms with Gasteiger partial charge in [0.1, 0.15) is 11.8 Å². The molecule has 0 saturated carbocycles. The molecule has 0 amide bonds. The molecule has 3 N–H and O–H groups in total. The van der Waals surface area contributed by atoms with Crippen LogP contribution in [0.1, 0.15) is 5.56 Å². The van der Waals surface area contributed by atoms with Gasteiger partial charge in [0, 0.05) is 10.9 Å². The standard InChI is InChI=1S/C10H12BrNO3/c1-15-10(14)8(12)4-6-2-3-7(11)5-9(6)13/h2-3,5,8,13H,4,12H2,1H3. The van der Waals surface area contributed by atoms with E-state index in [9.17, 15) is 9.90 Å². The second kappa shape index (κ2) is 5.14. The maximum atomic E-state index is 11.1. The van der Waals surface area contributed by atoms with Crippen LogP contribution in [0.4, 0.5) is 0 Å². The van der Waals surface area contributed by atoms with Crippen molar-refractivity contribution in [1.29, 1.82) is 0 Å². The lowest BCUT2D eigenvalue weighted by Crippen LogP contribution is -2.33. The van der Waals surface area contributed by atoms with Gasteiger partial charge in [-0.25, -0.2) is 0 Å². The molecule has 0 radical (unpaired) electrons. The number of carbonyl (C=O) groups excluding carboxylic acids is 1. The molecule has 1 atom stereocenters. The zero-order valence-electron chi connectivity index (χ0n) is 8.24. The number of carbonyl (C=O) groups is 1. The van der Waals surface area contributed by atoms with E-state index >= 15 is 0 Å². The van der Waals surface area contributed by atoms with Gasteiger partial charge in [0.2, 0.25) is 0 Å². The molecule has 0 fully saturated rings. The summed E-state index contributed by atoms with van der Waals surface area (Å²) in [4.78, 5) is 11.1. The van der Waals surface area contributed by atoms with Crippen LogP contribution in [0.25, 0.3) is 0 Å². The quantitative estimate of drug-likeness (QED) is 0.812. The SMILES string of the molecule is COC(=O)C(N)Cc1ccc(Br)cc1O. The zero-order valence-corrected chi connectivity index (χ0v) is 9.82. The van der Waals surface area contributed by atoms with E-state index in [0.717, 1.165) is 4.47 Å². The fourth-order valence-corrected chi connectivity index (χ4v) is 1.53. The number of phenols is 1. The fraction of sp³-hybridized carbons (Fsp3) is 0.300. The van der Waals surface area contributed by atoms with Crippen LogP contribution in [0.3, 0.4) is 0 Å². The highest BCUT2D eigenvalue weighted by Gasteiger charge is 2.16. The van der Waals surface area contributed by atoms with E-state index in [4.69, 9.17) is 5.73 Å². The summed E-state index contributed by atoms with van der Waals surface area (Å²) in [6.45, 7) is 0. The molecule has 0 saturated heterocycles. The Kier molecular flexibility index (Phi) is 4.11. The Labute approximate surface area is 96.2 Å². The van der Waals surface area contributed by atoms with Gasteiger partial charge in [-0.3, -0.25) is 4.79 Å². The molecule has 82 valence electrons. The summed E-state index contributed by atoms with van der Waals surface area (Å²) >= 11 is 3.22. The number of esters is 1. The van der Waals surface area contributed by atoms with Crippen molar-refractivity contribution in [2.75, 3.05) is 7.11 Å². The lowest BCUT2D eigenvalue weighted by molar-refractivity contribution is -0.142. The molecule has 0 bridgehead atoms. The fourth-order valence-electron chi connectivity index (χ4n) is 1.18. The molecule has 0 heterocycles. The number of hydrogen-bond acceptors (Lipinski definition) is 4. The lowest BCUT2D eigenvalue weighted by atomic mass is 10.1. The molecule has 0 spiro atoms. The van der Waals surface area contributed by atoms with E-state index in [2.05, 4.69) is 20.7 Å². The number of hydrogen-bond donors (Lipinski definition) is 2. The van der Waals surface area contributed by atoms with Crippen LogP contribution in [0.5, 0.6) is 5.75 Å². The van der Waals surface area contributed by atoms with Gasteiger partial charge in [0.25, 0.3) is 0 Å². The van der Waals surface area contributed by atoms with Crippen molar-refractivity contribution >= 4 is 21.9 Å². The van der Waals surface area contributed by atoms with Crippen LogP contribution in [-0.2, 0) is 16.0 Å². The van der Waals surface area contributed by atoms with Crippen LogP contribution < -0.4 is 5.73 Å². The van der Waals surface area contributed by atoms with E-state index in [1.165, 1.54) is 7.11 Å². The average molecular weight is 274 g/mol. The molecule has 0 aromatic heterocycles. The second-order valence-corrected chi connectivity index (χ2v) is 4.02. The Morgan fingerprint density at radius 3 is 2.87 bits per heavy atom. The molecule has 1 aromatic carbocycles. The molecule has 0 aliphatic rings. The van der Waals surface area contributed by atoms with Crippen molar-refractivity contribution in [2.45, 2.75) is 12.5 Å². The van der Waals surface area contributed by atoms with Gasteiger partial charge in [0.15, 0.2) is 0 Å². The molecule has 1 aromatic rings. The predicted molar refractivity (Wildman–Crippen MR) is 59.5 cm³/mol. The number of rotatable bonds is 3. The Bertz CT molecular complexity index is 368. The predicted octanol–water partition coefficient (Wildman–Crippen LogP) is 1.20. The smallest absolute Gasteiger partial charge is 0.322 e. The van der Waals surface area contributed by atoms with Crippen LogP contribution in [0.2, 0.25) is 0 Å². The van der Waals surface area contributed by atoms with Gasteiger partial charge in [-0.2, -0.15) is 0 Å². The Morgan fingerprint density at radius 2 is 2.33 bits per heavy atom. The van der Waals surface area contributed by atoms with E-state index in [-0.39, 0.29) is 12.2 Å². The normalized spacial score (nSPS) is 12.2. The highest BCUT2D eigenvalue weighted by molar-refractivity contribution is 9.10. The first kappa shape index (κ1) is 12.0. The third-order valence-corrected chi connectivity index (χ3v) is 2.48. The Balaban J connectivity index is 2.76. The third-order valence-electron chi connectivity index (χ3n) is 1.99. The van der Waals surface area contributed by atoms with Gasteiger partial charge in [-0.1, -0.05) is 22.0 Å². The van der Waals surface area contributed by atoms with Gasteiger partial charge < -0.3 is 15.6 Å². The number of nitrogens with two attached hydrogens (primary N) is 1. The summed E-state index contributed by atoms with van der Waals surface area (Å²) < 4.78 is 5.27. The van der Waals surface area contributed by atoms with Crippen LogP contribution in [-0.4, -0.2) is 24.2 Å². The third kappa shape index (κ3) is 3.21. The maximum Gasteiger partial charge on any atom is 0.322 e. The highest BCUT2D eigenvalue weighted by atomic mass is 79.9. The summed E-state index contributed by atoms with van der Waals surface area (Å²) in [5.74, 6) is -0.374. The van der Waals surface area contributed by atoms with Crippen molar-refractivity contribution in [3.8, 4) is 5.75 Å². The molecular weight excluding hydrogens is 262 g/mol. The van der Waals surface area contributed by atoms with Crippen LogP contribution >= 0.6 is 15.9 Å². The largest absolute Gasteiger partial charge is 0.508 e. The van der Waals surface area contributed by atoms with Gasteiger partial charge in [-0.05, 0) is 17.7 Å². The number of aromatic hydroxyl groups is 1. The monoisotopic (exact) mass is 273 g/mol. The Hall–Kier alpha value is -1.07. The minimum atomic E-state index is -0.748. The number of ether oxygens (including phenoxy) is 1. The molecule has 15 heavy (non-hydrogen) atoms. The molecule has 5 heteroatoms. The minimum absolute atomic E-state index is 0.115. The topological polar surface area (TPSA) is 72.5 Å². The van der Waals surface area contributed by atoms with Crippen molar-refractivity contribution in [2.24, 2.45) is 5.73 Å². The highest BCUT2D eigenvalue weighted by Crippen LogP contribution is 2.23. The van der Waals surface area contributed by atoms with Gasteiger partial charge in [0.05, 0.1) is 7.11 Å². The van der Waals surface area contributed by atoms with Gasteiger partial charge >= 0.3 is 5.97 Å².